The Kier molecular flexibility index (Phi) is 4.57. The van der Waals surface area contributed by atoms with Crippen LogP contribution in [0.4, 0.5) is 0 Å². The molecule has 0 saturated carbocycles. The maximum atomic E-state index is 11.4. The van der Waals surface area contributed by atoms with Crippen molar-refractivity contribution in [3.05, 3.63) is 29.8 Å². The fourth-order valence-corrected chi connectivity index (χ4v) is 1.30. The monoisotopic (exact) mass is 235 g/mol. The second-order valence-corrected chi connectivity index (χ2v) is 3.93. The number of hydrogen-bond donors (Lipinski definition) is 2. The third-order valence-electron chi connectivity index (χ3n) is 2.06. The summed E-state index contributed by atoms with van der Waals surface area (Å²) in [6, 6.07) is 5.01. The van der Waals surface area contributed by atoms with Crippen molar-refractivity contribution in [3.63, 3.8) is 0 Å². The maximum Gasteiger partial charge on any atom is 0.244 e. The number of hydrogen-bond acceptors (Lipinski definition) is 3. The molecule has 0 saturated heterocycles. The number of methoxy groups -OCH3 is 1. The number of phenols is 1. The number of aromatic hydroxyl groups is 1. The van der Waals surface area contributed by atoms with E-state index in [1.54, 1.807) is 18.2 Å². The molecule has 0 aromatic heterocycles. The number of nitrogens with one attached hydrogen (secondary N) is 1. The van der Waals surface area contributed by atoms with Crippen LogP contribution < -0.4 is 10.1 Å². The van der Waals surface area contributed by atoms with E-state index in [1.807, 2.05) is 13.8 Å². The first-order valence-electron chi connectivity index (χ1n) is 5.38. The van der Waals surface area contributed by atoms with Crippen molar-refractivity contribution in [3.8, 4) is 11.5 Å². The van der Waals surface area contributed by atoms with E-state index in [1.165, 1.54) is 19.3 Å². The third-order valence-corrected chi connectivity index (χ3v) is 2.06. The van der Waals surface area contributed by atoms with E-state index in [0.717, 1.165) is 5.56 Å². The van der Waals surface area contributed by atoms with Crippen LogP contribution in [0, 0.1) is 0 Å². The highest BCUT2D eigenvalue weighted by atomic mass is 16.5. The van der Waals surface area contributed by atoms with Gasteiger partial charge in [-0.1, -0.05) is 6.07 Å². The van der Waals surface area contributed by atoms with Gasteiger partial charge in [0.2, 0.25) is 5.91 Å². The Morgan fingerprint density at radius 2 is 2.18 bits per heavy atom. The molecule has 2 N–H and O–H groups in total. The summed E-state index contributed by atoms with van der Waals surface area (Å²) in [7, 11) is 1.48. The number of carbonyl (C=O) groups excluding carboxylic acids is 1. The average Bonchev–Trinajstić information content (AvgIpc) is 2.27. The molecule has 17 heavy (non-hydrogen) atoms. The first kappa shape index (κ1) is 13.1. The van der Waals surface area contributed by atoms with Crippen LogP contribution in [0.1, 0.15) is 19.4 Å². The summed E-state index contributed by atoms with van der Waals surface area (Å²) in [5.74, 6) is 0.319. The molecule has 1 aromatic carbocycles. The average molecular weight is 235 g/mol. The van der Waals surface area contributed by atoms with Crippen LogP contribution in [0.15, 0.2) is 24.3 Å². The molecule has 0 spiro atoms. The number of phenolic OH excluding ortho intramolecular Hbond substituents is 1. The van der Waals surface area contributed by atoms with Gasteiger partial charge in [-0.15, -0.1) is 0 Å². The zero-order valence-corrected chi connectivity index (χ0v) is 10.2. The van der Waals surface area contributed by atoms with Gasteiger partial charge >= 0.3 is 0 Å². The lowest BCUT2D eigenvalue weighted by Gasteiger charge is -2.05. The SMILES string of the molecule is COc1cc(/C=C/C(=O)NC(C)C)ccc1O. The lowest BCUT2D eigenvalue weighted by Crippen LogP contribution is -2.28. The van der Waals surface area contributed by atoms with Crippen LogP contribution in [0.3, 0.4) is 0 Å². The molecule has 0 radical (unpaired) electrons. The minimum absolute atomic E-state index is 0.0799. The van der Waals surface area contributed by atoms with E-state index < -0.39 is 0 Å². The summed E-state index contributed by atoms with van der Waals surface area (Å²) < 4.78 is 4.97. The molecule has 1 rings (SSSR count). The summed E-state index contributed by atoms with van der Waals surface area (Å²) in [6.07, 6.45) is 3.12. The van der Waals surface area contributed by atoms with Gasteiger partial charge < -0.3 is 15.2 Å². The number of rotatable bonds is 4. The van der Waals surface area contributed by atoms with Gasteiger partial charge in [-0.05, 0) is 37.6 Å². The van der Waals surface area contributed by atoms with Gasteiger partial charge in [0, 0.05) is 12.1 Å². The molecule has 1 amide bonds. The number of ether oxygens (including phenoxy) is 1. The van der Waals surface area contributed by atoms with Crippen molar-refractivity contribution in [2.24, 2.45) is 0 Å². The van der Waals surface area contributed by atoms with Crippen LogP contribution >= 0.6 is 0 Å². The molecular formula is C13H17NO3. The van der Waals surface area contributed by atoms with E-state index in [4.69, 9.17) is 4.74 Å². The van der Waals surface area contributed by atoms with E-state index in [9.17, 15) is 9.90 Å². The largest absolute Gasteiger partial charge is 0.504 e. The Morgan fingerprint density at radius 1 is 1.47 bits per heavy atom. The third kappa shape index (κ3) is 4.18. The Labute approximate surface area is 101 Å². The molecule has 0 aliphatic heterocycles. The molecule has 4 nitrogen and oxygen atoms in total. The van der Waals surface area contributed by atoms with Crippen LogP contribution in [0.25, 0.3) is 6.08 Å². The standard InChI is InChI=1S/C13H17NO3/c1-9(2)14-13(16)7-5-10-4-6-11(15)12(8-10)17-3/h4-9,15H,1-3H3,(H,14,16)/b7-5+. The number of benzene rings is 1. The van der Waals surface area contributed by atoms with Crippen molar-refractivity contribution in [1.29, 1.82) is 0 Å². The van der Waals surface area contributed by atoms with Crippen molar-refractivity contribution in [2.75, 3.05) is 7.11 Å². The number of carbonyl (C=O) groups is 1. The highest BCUT2D eigenvalue weighted by molar-refractivity contribution is 5.91. The summed E-state index contributed by atoms with van der Waals surface area (Å²) in [4.78, 5) is 11.4. The second kappa shape index (κ2) is 5.94. The van der Waals surface area contributed by atoms with E-state index in [-0.39, 0.29) is 17.7 Å². The van der Waals surface area contributed by atoms with Crippen LogP contribution in [0.5, 0.6) is 11.5 Å². The molecule has 0 atom stereocenters. The minimum Gasteiger partial charge on any atom is -0.504 e. The minimum atomic E-state index is -0.146. The summed E-state index contributed by atoms with van der Waals surface area (Å²) in [6.45, 7) is 3.80. The number of amides is 1. The van der Waals surface area contributed by atoms with Gasteiger partial charge in [-0.3, -0.25) is 4.79 Å². The van der Waals surface area contributed by atoms with E-state index in [2.05, 4.69) is 5.32 Å². The quantitative estimate of drug-likeness (QED) is 0.784. The van der Waals surface area contributed by atoms with Crippen molar-refractivity contribution in [1.82, 2.24) is 5.32 Å². The molecule has 0 heterocycles. The highest BCUT2D eigenvalue weighted by Crippen LogP contribution is 2.26. The van der Waals surface area contributed by atoms with Gasteiger partial charge in [-0.2, -0.15) is 0 Å². The Balaban J connectivity index is 2.74. The van der Waals surface area contributed by atoms with Crippen molar-refractivity contribution < 1.29 is 14.6 Å². The second-order valence-electron chi connectivity index (χ2n) is 3.93. The Hall–Kier alpha value is -1.97. The van der Waals surface area contributed by atoms with E-state index >= 15 is 0 Å². The van der Waals surface area contributed by atoms with Gasteiger partial charge in [0.05, 0.1) is 7.11 Å². The molecule has 4 heteroatoms. The Morgan fingerprint density at radius 3 is 2.76 bits per heavy atom. The fraction of sp³-hybridized carbons (Fsp3) is 0.308. The predicted molar refractivity (Wildman–Crippen MR) is 67.0 cm³/mol. The van der Waals surface area contributed by atoms with Crippen molar-refractivity contribution in [2.45, 2.75) is 19.9 Å². The predicted octanol–water partition coefficient (Wildman–Crippen LogP) is 1.94. The highest BCUT2D eigenvalue weighted by Gasteiger charge is 2.01. The zero-order chi connectivity index (χ0) is 12.8. The lowest BCUT2D eigenvalue weighted by molar-refractivity contribution is -0.116. The summed E-state index contributed by atoms with van der Waals surface area (Å²) in [5, 5.41) is 12.1. The maximum absolute atomic E-state index is 11.4. The normalized spacial score (nSPS) is 10.8. The molecule has 0 aliphatic rings. The van der Waals surface area contributed by atoms with Crippen molar-refractivity contribution >= 4 is 12.0 Å². The van der Waals surface area contributed by atoms with Gasteiger partial charge in [0.15, 0.2) is 11.5 Å². The topological polar surface area (TPSA) is 58.6 Å². The molecule has 0 aliphatic carbocycles. The zero-order valence-electron chi connectivity index (χ0n) is 10.2. The summed E-state index contributed by atoms with van der Waals surface area (Å²) in [5.41, 5.74) is 0.790. The van der Waals surface area contributed by atoms with Crippen LogP contribution in [-0.4, -0.2) is 24.2 Å². The molecule has 0 bridgehead atoms. The van der Waals surface area contributed by atoms with Gasteiger partial charge in [-0.25, -0.2) is 0 Å². The van der Waals surface area contributed by atoms with Crippen LogP contribution in [-0.2, 0) is 4.79 Å². The van der Waals surface area contributed by atoms with Gasteiger partial charge in [0.25, 0.3) is 0 Å². The molecule has 0 fully saturated rings. The van der Waals surface area contributed by atoms with Crippen LogP contribution in [0.2, 0.25) is 0 Å². The smallest absolute Gasteiger partial charge is 0.244 e. The summed E-state index contributed by atoms with van der Waals surface area (Å²) >= 11 is 0. The molecular weight excluding hydrogens is 218 g/mol. The molecule has 0 unspecified atom stereocenters. The first-order chi connectivity index (χ1) is 8.02. The lowest BCUT2D eigenvalue weighted by atomic mass is 10.2. The first-order valence-corrected chi connectivity index (χ1v) is 5.38. The fourth-order valence-electron chi connectivity index (χ4n) is 1.30. The van der Waals surface area contributed by atoms with Gasteiger partial charge in [0.1, 0.15) is 0 Å². The van der Waals surface area contributed by atoms with E-state index in [0.29, 0.717) is 5.75 Å². The Bertz CT molecular complexity index is 425. The molecule has 1 aromatic rings. The molecule has 92 valence electrons.